The molecule has 1 aromatic heterocycles. The van der Waals surface area contributed by atoms with E-state index in [9.17, 15) is 9.59 Å². The smallest absolute Gasteiger partial charge is 0.313 e. The number of carbonyl (C=O) groups is 1. The number of fused-ring (bicyclic) bond motifs is 1. The average molecular weight is 294 g/mol. The first-order chi connectivity index (χ1) is 9.52. The van der Waals surface area contributed by atoms with Gasteiger partial charge in [0, 0.05) is 0 Å². The molecule has 1 aromatic carbocycles. The molecule has 7 heteroatoms. The quantitative estimate of drug-likeness (QED) is 0.899. The second kappa shape index (κ2) is 5.96. The van der Waals surface area contributed by atoms with Crippen molar-refractivity contribution >= 4 is 28.6 Å². The first kappa shape index (κ1) is 14.4. The minimum absolute atomic E-state index is 0.0535. The lowest BCUT2D eigenvalue weighted by Crippen LogP contribution is -2.23. The Bertz CT molecular complexity index is 711. The van der Waals surface area contributed by atoms with Crippen LogP contribution in [0.25, 0.3) is 10.9 Å². The highest BCUT2D eigenvalue weighted by Crippen LogP contribution is 2.17. The van der Waals surface area contributed by atoms with Crippen molar-refractivity contribution in [1.82, 2.24) is 9.55 Å². The van der Waals surface area contributed by atoms with Crippen LogP contribution in [0.3, 0.4) is 0 Å². The van der Waals surface area contributed by atoms with Crippen molar-refractivity contribution in [2.75, 3.05) is 12.9 Å². The third-order valence-electron chi connectivity index (χ3n) is 2.80. The Morgan fingerprint density at radius 2 is 2.25 bits per heavy atom. The summed E-state index contributed by atoms with van der Waals surface area (Å²) >= 11 is 1.15. The fourth-order valence-corrected chi connectivity index (χ4v) is 2.57. The van der Waals surface area contributed by atoms with Gasteiger partial charge in [0.15, 0.2) is 0 Å². The second-order valence-electron chi connectivity index (χ2n) is 4.15. The van der Waals surface area contributed by atoms with E-state index in [4.69, 9.17) is 9.84 Å². The van der Waals surface area contributed by atoms with Crippen molar-refractivity contribution in [3.05, 3.63) is 34.4 Å². The Hall–Kier alpha value is -2.02. The lowest BCUT2D eigenvalue weighted by atomic mass is 10.2. The van der Waals surface area contributed by atoms with Crippen LogP contribution in [-0.4, -0.2) is 33.5 Å². The van der Waals surface area contributed by atoms with Crippen LogP contribution < -0.4 is 10.3 Å². The van der Waals surface area contributed by atoms with Gasteiger partial charge >= 0.3 is 5.97 Å². The Balaban J connectivity index is 2.44. The van der Waals surface area contributed by atoms with Crippen molar-refractivity contribution < 1.29 is 14.6 Å². The predicted molar refractivity (Wildman–Crippen MR) is 77.4 cm³/mol. The molecule has 0 aliphatic rings. The summed E-state index contributed by atoms with van der Waals surface area (Å²) in [5.41, 5.74) is 0.414. The minimum Gasteiger partial charge on any atom is -0.497 e. The highest BCUT2D eigenvalue weighted by molar-refractivity contribution is 7.98. The number of aliphatic carboxylic acids is 1. The number of ether oxygens (including phenoxy) is 1. The molecule has 0 bridgehead atoms. The van der Waals surface area contributed by atoms with Crippen LogP contribution in [0.15, 0.2) is 23.0 Å². The summed E-state index contributed by atoms with van der Waals surface area (Å²) in [6, 6.07) is 5.12. The first-order valence-corrected chi connectivity index (χ1v) is 7.03. The molecule has 1 heterocycles. The number of methoxy groups -OCH3 is 1. The fraction of sp³-hybridized carbons (Fsp3) is 0.308. The molecule has 20 heavy (non-hydrogen) atoms. The van der Waals surface area contributed by atoms with E-state index < -0.39 is 5.97 Å². The SMILES string of the molecule is COc1ccc2nc(C)n(CSCC(=O)O)c(=O)c2c1. The summed E-state index contributed by atoms with van der Waals surface area (Å²) in [6.45, 7) is 1.73. The second-order valence-corrected chi connectivity index (χ2v) is 5.10. The molecule has 0 saturated heterocycles. The van der Waals surface area contributed by atoms with Crippen molar-refractivity contribution in [3.63, 3.8) is 0 Å². The van der Waals surface area contributed by atoms with Gasteiger partial charge in [0.25, 0.3) is 5.56 Å². The third kappa shape index (κ3) is 2.93. The third-order valence-corrected chi connectivity index (χ3v) is 3.69. The summed E-state index contributed by atoms with van der Waals surface area (Å²) in [7, 11) is 1.53. The van der Waals surface area contributed by atoms with E-state index in [-0.39, 0.29) is 17.2 Å². The zero-order valence-corrected chi connectivity index (χ0v) is 11.9. The first-order valence-electron chi connectivity index (χ1n) is 5.87. The molecule has 6 nitrogen and oxygen atoms in total. The van der Waals surface area contributed by atoms with Gasteiger partial charge in [0.05, 0.1) is 29.6 Å². The summed E-state index contributed by atoms with van der Waals surface area (Å²) in [4.78, 5) is 27.3. The molecule has 0 aliphatic heterocycles. The molecule has 0 fully saturated rings. The van der Waals surface area contributed by atoms with Crippen LogP contribution >= 0.6 is 11.8 Å². The molecule has 1 N–H and O–H groups in total. The molecule has 0 unspecified atom stereocenters. The molecular weight excluding hydrogens is 280 g/mol. The van der Waals surface area contributed by atoms with Gasteiger partial charge in [-0.1, -0.05) is 0 Å². The predicted octanol–water partition coefficient (Wildman–Crippen LogP) is 1.49. The molecule has 0 spiro atoms. The van der Waals surface area contributed by atoms with E-state index in [0.29, 0.717) is 22.5 Å². The number of thioether (sulfide) groups is 1. The van der Waals surface area contributed by atoms with E-state index in [1.807, 2.05) is 0 Å². The van der Waals surface area contributed by atoms with Crippen LogP contribution in [0.2, 0.25) is 0 Å². The normalized spacial score (nSPS) is 10.7. The van der Waals surface area contributed by atoms with Crippen LogP contribution in [0.1, 0.15) is 5.82 Å². The van der Waals surface area contributed by atoms with E-state index in [1.165, 1.54) is 11.7 Å². The van der Waals surface area contributed by atoms with Gasteiger partial charge < -0.3 is 9.84 Å². The number of carboxylic acid groups (broad SMARTS) is 1. The van der Waals surface area contributed by atoms with E-state index >= 15 is 0 Å². The van der Waals surface area contributed by atoms with Gasteiger partial charge in [-0.15, -0.1) is 11.8 Å². The zero-order chi connectivity index (χ0) is 14.7. The number of carboxylic acids is 1. The number of rotatable bonds is 5. The summed E-state index contributed by atoms with van der Waals surface area (Å²) in [5.74, 6) is 0.450. The highest BCUT2D eigenvalue weighted by Gasteiger charge is 2.09. The number of benzene rings is 1. The van der Waals surface area contributed by atoms with Gasteiger partial charge in [-0.25, -0.2) is 4.98 Å². The molecule has 0 amide bonds. The molecule has 106 valence electrons. The lowest BCUT2D eigenvalue weighted by molar-refractivity contribution is -0.133. The van der Waals surface area contributed by atoms with Crippen LogP contribution in [0.5, 0.6) is 5.75 Å². The largest absolute Gasteiger partial charge is 0.497 e. The summed E-state index contributed by atoms with van der Waals surface area (Å²) in [5, 5.41) is 9.09. The lowest BCUT2D eigenvalue weighted by Gasteiger charge is -2.10. The maximum absolute atomic E-state index is 12.4. The van der Waals surface area contributed by atoms with Gasteiger partial charge in [-0.05, 0) is 25.1 Å². The van der Waals surface area contributed by atoms with Gasteiger partial charge in [-0.3, -0.25) is 14.2 Å². The van der Waals surface area contributed by atoms with E-state index in [0.717, 1.165) is 11.8 Å². The van der Waals surface area contributed by atoms with Crippen molar-refractivity contribution in [3.8, 4) is 5.75 Å². The molecule has 0 radical (unpaired) electrons. The zero-order valence-electron chi connectivity index (χ0n) is 11.1. The minimum atomic E-state index is -0.906. The molecule has 0 atom stereocenters. The van der Waals surface area contributed by atoms with E-state index in [1.54, 1.807) is 25.1 Å². The number of nitrogens with zero attached hydrogens (tertiary/aromatic N) is 2. The molecule has 2 rings (SSSR count). The summed E-state index contributed by atoms with van der Waals surface area (Å²) in [6.07, 6.45) is 0. The maximum Gasteiger partial charge on any atom is 0.313 e. The standard InChI is InChI=1S/C13H14N2O4S/c1-8-14-11-4-3-9(19-2)5-10(11)13(18)15(8)7-20-6-12(16)17/h3-5H,6-7H2,1-2H3,(H,16,17). The Morgan fingerprint density at radius 3 is 2.90 bits per heavy atom. The van der Waals surface area contributed by atoms with Crippen molar-refractivity contribution in [1.29, 1.82) is 0 Å². The number of hydrogen-bond acceptors (Lipinski definition) is 5. The Morgan fingerprint density at radius 1 is 1.50 bits per heavy atom. The topological polar surface area (TPSA) is 81.4 Å². The average Bonchev–Trinajstić information content (AvgIpc) is 2.42. The van der Waals surface area contributed by atoms with Crippen LogP contribution in [0, 0.1) is 6.92 Å². The van der Waals surface area contributed by atoms with Crippen molar-refractivity contribution in [2.24, 2.45) is 0 Å². The summed E-state index contributed by atoms with van der Waals surface area (Å²) < 4.78 is 6.57. The fourth-order valence-electron chi connectivity index (χ4n) is 1.81. The highest BCUT2D eigenvalue weighted by atomic mass is 32.2. The number of aryl methyl sites for hydroxylation is 1. The molecule has 2 aromatic rings. The monoisotopic (exact) mass is 294 g/mol. The Labute approximate surface area is 119 Å². The van der Waals surface area contributed by atoms with E-state index in [2.05, 4.69) is 4.98 Å². The van der Waals surface area contributed by atoms with Gasteiger partial charge in [0.1, 0.15) is 11.6 Å². The molecule has 0 aliphatic carbocycles. The maximum atomic E-state index is 12.4. The van der Waals surface area contributed by atoms with Gasteiger partial charge in [0.2, 0.25) is 0 Å². The van der Waals surface area contributed by atoms with Crippen LogP contribution in [-0.2, 0) is 10.7 Å². The van der Waals surface area contributed by atoms with Crippen molar-refractivity contribution in [2.45, 2.75) is 12.8 Å². The number of aromatic nitrogens is 2. The molecular formula is C13H14N2O4S. The Kier molecular flexibility index (Phi) is 4.29. The number of hydrogen-bond donors (Lipinski definition) is 1. The van der Waals surface area contributed by atoms with Crippen LogP contribution in [0.4, 0.5) is 0 Å². The van der Waals surface area contributed by atoms with Gasteiger partial charge in [-0.2, -0.15) is 0 Å². The molecule has 0 saturated carbocycles.